The summed E-state index contributed by atoms with van der Waals surface area (Å²) in [6.45, 7) is 1.37. The van der Waals surface area contributed by atoms with Crippen molar-refractivity contribution in [1.82, 2.24) is 9.88 Å². The molecule has 146 valence electrons. The number of amides is 2. The number of imide groups is 1. The van der Waals surface area contributed by atoms with E-state index in [1.807, 2.05) is 30.3 Å². The maximum atomic E-state index is 12.6. The summed E-state index contributed by atoms with van der Waals surface area (Å²) in [6.07, 6.45) is 4.89. The van der Waals surface area contributed by atoms with E-state index in [1.165, 1.54) is 6.92 Å². The Morgan fingerprint density at radius 1 is 1.18 bits per heavy atom. The van der Waals surface area contributed by atoms with E-state index in [1.54, 1.807) is 6.20 Å². The molecule has 1 aromatic carbocycles. The number of rotatable bonds is 5. The third kappa shape index (κ3) is 3.32. The molecule has 7 heteroatoms. The van der Waals surface area contributed by atoms with Gasteiger partial charge in [0.2, 0.25) is 17.7 Å². The van der Waals surface area contributed by atoms with Gasteiger partial charge in [-0.2, -0.15) is 0 Å². The smallest absolute Gasteiger partial charge is 0.329 e. The SMILES string of the molecule is C[C@@H](C(=O)OCc1ncc(-c2ccccc2)o1)N1C(=O)[C@H]2CCCC[C@H]2C1=O. The fourth-order valence-corrected chi connectivity index (χ4v) is 4.04. The Morgan fingerprint density at radius 2 is 1.82 bits per heavy atom. The van der Waals surface area contributed by atoms with Gasteiger partial charge in [-0.15, -0.1) is 0 Å². The topological polar surface area (TPSA) is 89.7 Å². The molecule has 1 aromatic heterocycles. The fraction of sp³-hybridized carbons (Fsp3) is 0.429. The van der Waals surface area contributed by atoms with E-state index in [9.17, 15) is 14.4 Å². The number of fused-ring (bicyclic) bond motifs is 1. The lowest BCUT2D eigenvalue weighted by molar-refractivity contribution is -0.159. The maximum Gasteiger partial charge on any atom is 0.329 e. The molecule has 2 aromatic rings. The van der Waals surface area contributed by atoms with Crippen LogP contribution in [0.2, 0.25) is 0 Å². The number of hydrogen-bond acceptors (Lipinski definition) is 6. The zero-order valence-electron chi connectivity index (χ0n) is 15.7. The molecule has 0 spiro atoms. The van der Waals surface area contributed by atoms with Gasteiger partial charge in [-0.25, -0.2) is 9.78 Å². The van der Waals surface area contributed by atoms with Gasteiger partial charge in [0.1, 0.15) is 6.04 Å². The van der Waals surface area contributed by atoms with Crippen molar-refractivity contribution in [2.75, 3.05) is 0 Å². The van der Waals surface area contributed by atoms with Crippen molar-refractivity contribution >= 4 is 17.8 Å². The molecule has 1 aliphatic carbocycles. The molecule has 1 aliphatic heterocycles. The Morgan fingerprint density at radius 3 is 2.46 bits per heavy atom. The minimum absolute atomic E-state index is 0.154. The van der Waals surface area contributed by atoms with E-state index in [4.69, 9.17) is 9.15 Å². The number of benzene rings is 1. The summed E-state index contributed by atoms with van der Waals surface area (Å²) in [5.41, 5.74) is 0.872. The van der Waals surface area contributed by atoms with Crippen molar-refractivity contribution in [1.29, 1.82) is 0 Å². The van der Waals surface area contributed by atoms with Gasteiger partial charge in [0.25, 0.3) is 0 Å². The van der Waals surface area contributed by atoms with Crippen LogP contribution in [-0.2, 0) is 25.7 Å². The monoisotopic (exact) mass is 382 g/mol. The van der Waals surface area contributed by atoms with E-state index in [0.717, 1.165) is 23.3 Å². The molecular weight excluding hydrogens is 360 g/mol. The van der Waals surface area contributed by atoms with Crippen LogP contribution >= 0.6 is 0 Å². The minimum atomic E-state index is -0.950. The van der Waals surface area contributed by atoms with Gasteiger partial charge in [0, 0.05) is 5.56 Å². The van der Waals surface area contributed by atoms with Gasteiger partial charge in [0.05, 0.1) is 18.0 Å². The molecule has 0 bridgehead atoms. The lowest BCUT2D eigenvalue weighted by atomic mass is 9.81. The van der Waals surface area contributed by atoms with Crippen LogP contribution in [0.25, 0.3) is 11.3 Å². The third-order valence-corrected chi connectivity index (χ3v) is 5.55. The minimum Gasteiger partial charge on any atom is -0.454 e. The molecule has 7 nitrogen and oxygen atoms in total. The maximum absolute atomic E-state index is 12.6. The summed E-state index contributed by atoms with van der Waals surface area (Å²) < 4.78 is 10.9. The van der Waals surface area contributed by atoms with E-state index in [0.29, 0.717) is 18.6 Å². The highest BCUT2D eigenvalue weighted by molar-refractivity contribution is 6.07. The van der Waals surface area contributed by atoms with Crippen molar-refractivity contribution in [3.8, 4) is 11.3 Å². The third-order valence-electron chi connectivity index (χ3n) is 5.55. The Balaban J connectivity index is 1.38. The van der Waals surface area contributed by atoms with Crippen LogP contribution in [0.1, 0.15) is 38.5 Å². The first-order valence-corrected chi connectivity index (χ1v) is 9.60. The summed E-state index contributed by atoms with van der Waals surface area (Å²) >= 11 is 0. The zero-order chi connectivity index (χ0) is 19.7. The zero-order valence-corrected chi connectivity index (χ0v) is 15.7. The second-order valence-corrected chi connectivity index (χ2v) is 7.31. The van der Waals surface area contributed by atoms with Crippen molar-refractivity contribution < 1.29 is 23.5 Å². The molecule has 4 rings (SSSR count). The number of oxazole rings is 1. The van der Waals surface area contributed by atoms with Gasteiger partial charge in [-0.05, 0) is 19.8 Å². The summed E-state index contributed by atoms with van der Waals surface area (Å²) in [5.74, 6) is -0.864. The van der Waals surface area contributed by atoms with Gasteiger partial charge >= 0.3 is 5.97 Å². The second-order valence-electron chi connectivity index (χ2n) is 7.31. The predicted molar refractivity (Wildman–Crippen MR) is 98.5 cm³/mol. The predicted octanol–water partition coefficient (Wildman–Crippen LogP) is 2.95. The molecule has 3 atom stereocenters. The molecule has 28 heavy (non-hydrogen) atoms. The van der Waals surface area contributed by atoms with Crippen LogP contribution in [0.5, 0.6) is 0 Å². The van der Waals surface area contributed by atoms with E-state index in [-0.39, 0.29) is 36.1 Å². The molecule has 1 saturated carbocycles. The molecule has 0 radical (unpaired) electrons. The number of hydrogen-bond donors (Lipinski definition) is 0. The van der Waals surface area contributed by atoms with Crippen molar-refractivity contribution in [3.05, 3.63) is 42.4 Å². The first kappa shape index (κ1) is 18.4. The van der Waals surface area contributed by atoms with Crippen molar-refractivity contribution in [2.24, 2.45) is 11.8 Å². The van der Waals surface area contributed by atoms with Crippen LogP contribution in [0, 0.1) is 11.8 Å². The van der Waals surface area contributed by atoms with E-state index < -0.39 is 12.0 Å². The van der Waals surface area contributed by atoms with Crippen molar-refractivity contribution in [3.63, 3.8) is 0 Å². The van der Waals surface area contributed by atoms with Gasteiger partial charge in [-0.3, -0.25) is 14.5 Å². The first-order chi connectivity index (χ1) is 13.6. The molecule has 2 heterocycles. The summed E-state index contributed by atoms with van der Waals surface area (Å²) in [6, 6.07) is 8.52. The van der Waals surface area contributed by atoms with E-state index >= 15 is 0 Å². The Kier molecular flexibility index (Phi) is 4.98. The quantitative estimate of drug-likeness (QED) is 0.583. The number of esters is 1. The standard InChI is InChI=1S/C21H22N2O5/c1-13(23-19(24)15-9-5-6-10-16(15)20(23)25)21(26)27-12-18-22-11-17(28-18)14-7-3-2-4-8-14/h2-4,7-8,11,13,15-16H,5-6,9-10,12H2,1H3/t13-,15-,16+/m0/s1. The Hall–Kier alpha value is -2.96. The number of nitrogens with zero attached hydrogens (tertiary/aromatic N) is 2. The van der Waals surface area contributed by atoms with Crippen LogP contribution in [0.4, 0.5) is 0 Å². The molecular formula is C21H22N2O5. The Labute approximate surface area is 162 Å². The average Bonchev–Trinajstić information content (AvgIpc) is 3.30. The summed E-state index contributed by atoms with van der Waals surface area (Å²) in [5, 5.41) is 0. The lowest BCUT2D eigenvalue weighted by Crippen LogP contribution is -2.44. The fourth-order valence-electron chi connectivity index (χ4n) is 4.04. The highest BCUT2D eigenvalue weighted by Gasteiger charge is 2.51. The number of carbonyl (C=O) groups excluding carboxylic acids is 3. The highest BCUT2D eigenvalue weighted by Crippen LogP contribution is 2.39. The number of ether oxygens (including phenoxy) is 1. The molecule has 2 amide bonds. The normalized spacial score (nSPS) is 22.8. The molecule has 2 aliphatic rings. The van der Waals surface area contributed by atoms with Crippen molar-refractivity contribution in [2.45, 2.75) is 45.3 Å². The Bertz CT molecular complexity index is 867. The van der Waals surface area contributed by atoms with Crippen LogP contribution in [0.15, 0.2) is 40.9 Å². The van der Waals surface area contributed by atoms with Gasteiger partial charge in [0.15, 0.2) is 12.4 Å². The number of carbonyl (C=O) groups is 3. The lowest BCUT2D eigenvalue weighted by Gasteiger charge is -2.21. The molecule has 0 N–H and O–H groups in total. The number of aromatic nitrogens is 1. The van der Waals surface area contributed by atoms with E-state index in [2.05, 4.69) is 4.98 Å². The molecule has 0 unspecified atom stereocenters. The highest BCUT2D eigenvalue weighted by atomic mass is 16.5. The number of likely N-dealkylation sites (tertiary alicyclic amines) is 1. The molecule has 1 saturated heterocycles. The van der Waals surface area contributed by atoms with Crippen LogP contribution in [-0.4, -0.2) is 33.7 Å². The first-order valence-electron chi connectivity index (χ1n) is 9.60. The van der Waals surface area contributed by atoms with Gasteiger partial charge < -0.3 is 9.15 Å². The van der Waals surface area contributed by atoms with Gasteiger partial charge in [-0.1, -0.05) is 43.2 Å². The van der Waals surface area contributed by atoms with Crippen LogP contribution in [0.3, 0.4) is 0 Å². The van der Waals surface area contributed by atoms with Crippen LogP contribution < -0.4 is 0 Å². The second kappa shape index (κ2) is 7.58. The molecule has 2 fully saturated rings. The average molecular weight is 382 g/mol. The summed E-state index contributed by atoms with van der Waals surface area (Å²) in [4.78, 5) is 42.8. The largest absolute Gasteiger partial charge is 0.454 e. The summed E-state index contributed by atoms with van der Waals surface area (Å²) in [7, 11) is 0.